The van der Waals surface area contributed by atoms with Crippen LogP contribution in [0.25, 0.3) is 0 Å². The highest BCUT2D eigenvalue weighted by Gasteiger charge is 2.21. The van der Waals surface area contributed by atoms with Crippen LogP contribution in [-0.2, 0) is 4.74 Å². The summed E-state index contributed by atoms with van der Waals surface area (Å²) in [4.78, 5) is 16.6. The molecule has 6 heteroatoms. The Morgan fingerprint density at radius 1 is 0.800 bits per heavy atom. The van der Waals surface area contributed by atoms with Gasteiger partial charge in [-0.15, -0.1) is 0 Å². The summed E-state index contributed by atoms with van der Waals surface area (Å²) in [6.07, 6.45) is 0. The normalized spacial score (nSPS) is 18.5. The SMILES string of the molecule is Cc1cc(N2CCOCC2)nc(N2CCN(c3ccccc3)CC2)n1. The molecule has 0 radical (unpaired) electrons. The number of ether oxygens (including phenoxy) is 1. The fourth-order valence-corrected chi connectivity index (χ4v) is 3.44. The lowest BCUT2D eigenvalue weighted by Crippen LogP contribution is -2.47. The van der Waals surface area contributed by atoms with Crippen LogP contribution in [0.2, 0.25) is 0 Å². The van der Waals surface area contributed by atoms with Crippen molar-refractivity contribution in [1.82, 2.24) is 9.97 Å². The maximum absolute atomic E-state index is 5.45. The molecule has 0 saturated carbocycles. The summed E-state index contributed by atoms with van der Waals surface area (Å²) >= 11 is 0. The standard InChI is InChI=1S/C19H25N5O/c1-16-15-18(23-11-13-25-14-12-23)21-19(20-16)24-9-7-22(8-10-24)17-5-3-2-4-6-17/h2-6,15H,7-14H2,1H3. The lowest BCUT2D eigenvalue weighted by atomic mass is 10.2. The van der Waals surface area contributed by atoms with Crippen molar-refractivity contribution in [3.8, 4) is 0 Å². The molecule has 2 aliphatic rings. The quantitative estimate of drug-likeness (QED) is 0.852. The largest absolute Gasteiger partial charge is 0.378 e. The predicted molar refractivity (Wildman–Crippen MR) is 101 cm³/mol. The molecular formula is C19H25N5O. The van der Waals surface area contributed by atoms with E-state index >= 15 is 0 Å². The lowest BCUT2D eigenvalue weighted by molar-refractivity contribution is 0.122. The Labute approximate surface area is 149 Å². The summed E-state index contributed by atoms with van der Waals surface area (Å²) in [6.45, 7) is 9.27. The van der Waals surface area contributed by atoms with E-state index < -0.39 is 0 Å². The van der Waals surface area contributed by atoms with Crippen LogP contribution in [0.5, 0.6) is 0 Å². The smallest absolute Gasteiger partial charge is 0.227 e. The molecule has 2 aliphatic heterocycles. The van der Waals surface area contributed by atoms with Gasteiger partial charge in [0, 0.05) is 56.7 Å². The number of rotatable bonds is 3. The summed E-state index contributed by atoms with van der Waals surface area (Å²) in [7, 11) is 0. The summed E-state index contributed by atoms with van der Waals surface area (Å²) in [5, 5.41) is 0. The average Bonchev–Trinajstić information content (AvgIpc) is 2.69. The minimum atomic E-state index is 0.772. The van der Waals surface area contributed by atoms with Crippen molar-refractivity contribution in [3.05, 3.63) is 42.1 Å². The fourth-order valence-electron chi connectivity index (χ4n) is 3.44. The topological polar surface area (TPSA) is 44.7 Å². The van der Waals surface area contributed by atoms with Gasteiger partial charge in [-0.3, -0.25) is 0 Å². The molecule has 0 amide bonds. The summed E-state index contributed by atoms with van der Waals surface area (Å²) < 4.78 is 5.45. The number of benzene rings is 1. The Bertz CT molecular complexity index is 694. The van der Waals surface area contributed by atoms with E-state index in [0.717, 1.165) is 69.9 Å². The van der Waals surface area contributed by atoms with Crippen molar-refractivity contribution in [2.75, 3.05) is 67.2 Å². The third-order valence-electron chi connectivity index (χ3n) is 4.85. The van der Waals surface area contributed by atoms with Gasteiger partial charge in [-0.2, -0.15) is 4.98 Å². The molecular weight excluding hydrogens is 314 g/mol. The minimum Gasteiger partial charge on any atom is -0.378 e. The van der Waals surface area contributed by atoms with Gasteiger partial charge in [-0.1, -0.05) is 18.2 Å². The molecule has 0 aliphatic carbocycles. The Hall–Kier alpha value is -2.34. The van der Waals surface area contributed by atoms with Crippen molar-refractivity contribution >= 4 is 17.5 Å². The highest BCUT2D eigenvalue weighted by Crippen LogP contribution is 2.21. The second kappa shape index (κ2) is 7.27. The summed E-state index contributed by atoms with van der Waals surface area (Å²) in [6, 6.07) is 12.7. The summed E-state index contributed by atoms with van der Waals surface area (Å²) in [5.74, 6) is 1.88. The lowest BCUT2D eigenvalue weighted by Gasteiger charge is -2.36. The summed E-state index contributed by atoms with van der Waals surface area (Å²) in [5.41, 5.74) is 2.32. The first-order chi connectivity index (χ1) is 12.3. The molecule has 6 nitrogen and oxygen atoms in total. The van der Waals surface area contributed by atoms with Crippen LogP contribution < -0.4 is 14.7 Å². The van der Waals surface area contributed by atoms with Gasteiger partial charge in [0.2, 0.25) is 5.95 Å². The molecule has 3 heterocycles. The van der Waals surface area contributed by atoms with Crippen LogP contribution >= 0.6 is 0 Å². The molecule has 2 aromatic rings. The van der Waals surface area contributed by atoms with E-state index in [0.29, 0.717) is 0 Å². The third kappa shape index (κ3) is 3.69. The van der Waals surface area contributed by atoms with Crippen molar-refractivity contribution in [2.24, 2.45) is 0 Å². The van der Waals surface area contributed by atoms with Gasteiger partial charge in [0.05, 0.1) is 13.2 Å². The van der Waals surface area contributed by atoms with Gasteiger partial charge in [-0.25, -0.2) is 4.98 Å². The number of morpholine rings is 1. The zero-order valence-electron chi connectivity index (χ0n) is 14.8. The number of hydrogen-bond acceptors (Lipinski definition) is 6. The molecule has 132 valence electrons. The Balaban J connectivity index is 1.46. The van der Waals surface area contributed by atoms with E-state index in [1.54, 1.807) is 0 Å². The maximum atomic E-state index is 5.45. The molecule has 2 saturated heterocycles. The third-order valence-corrected chi connectivity index (χ3v) is 4.85. The highest BCUT2D eigenvalue weighted by atomic mass is 16.5. The van der Waals surface area contributed by atoms with E-state index in [-0.39, 0.29) is 0 Å². The van der Waals surface area contributed by atoms with Gasteiger partial charge in [-0.05, 0) is 19.1 Å². The molecule has 0 N–H and O–H groups in total. The number of nitrogens with zero attached hydrogens (tertiary/aromatic N) is 5. The van der Waals surface area contributed by atoms with Crippen molar-refractivity contribution in [2.45, 2.75) is 6.92 Å². The van der Waals surface area contributed by atoms with Crippen molar-refractivity contribution in [3.63, 3.8) is 0 Å². The molecule has 4 rings (SSSR count). The van der Waals surface area contributed by atoms with Gasteiger partial charge >= 0.3 is 0 Å². The first-order valence-electron chi connectivity index (χ1n) is 9.03. The first-order valence-corrected chi connectivity index (χ1v) is 9.03. The Kier molecular flexibility index (Phi) is 4.70. The van der Waals surface area contributed by atoms with Crippen LogP contribution in [0.1, 0.15) is 5.69 Å². The van der Waals surface area contributed by atoms with Crippen LogP contribution in [0.4, 0.5) is 17.5 Å². The van der Waals surface area contributed by atoms with Gasteiger partial charge in [0.25, 0.3) is 0 Å². The number of anilines is 3. The van der Waals surface area contributed by atoms with Crippen LogP contribution in [-0.4, -0.2) is 62.5 Å². The second-order valence-electron chi connectivity index (χ2n) is 6.58. The van der Waals surface area contributed by atoms with Crippen LogP contribution in [0.3, 0.4) is 0 Å². The molecule has 0 atom stereocenters. The van der Waals surface area contributed by atoms with Crippen LogP contribution in [0.15, 0.2) is 36.4 Å². The van der Waals surface area contributed by atoms with Gasteiger partial charge < -0.3 is 19.4 Å². The number of aromatic nitrogens is 2. The molecule has 1 aromatic heterocycles. The zero-order chi connectivity index (χ0) is 17.1. The van der Waals surface area contributed by atoms with E-state index in [1.165, 1.54) is 5.69 Å². The molecule has 0 bridgehead atoms. The Morgan fingerprint density at radius 2 is 1.48 bits per heavy atom. The highest BCUT2D eigenvalue weighted by molar-refractivity contribution is 5.50. The Morgan fingerprint density at radius 3 is 2.20 bits per heavy atom. The molecule has 0 unspecified atom stereocenters. The molecule has 2 fully saturated rings. The predicted octanol–water partition coefficient (Wildman–Crippen LogP) is 1.95. The van der Waals surface area contributed by atoms with Gasteiger partial charge in [0.1, 0.15) is 5.82 Å². The number of piperazine rings is 1. The second-order valence-corrected chi connectivity index (χ2v) is 6.58. The molecule has 1 aromatic carbocycles. The zero-order valence-corrected chi connectivity index (χ0v) is 14.8. The van der Waals surface area contributed by atoms with E-state index in [2.05, 4.69) is 63.0 Å². The number of para-hydroxylation sites is 1. The van der Waals surface area contributed by atoms with Crippen molar-refractivity contribution in [1.29, 1.82) is 0 Å². The first kappa shape index (κ1) is 16.1. The average molecular weight is 339 g/mol. The molecule has 0 spiro atoms. The maximum Gasteiger partial charge on any atom is 0.227 e. The van der Waals surface area contributed by atoms with E-state index in [9.17, 15) is 0 Å². The number of hydrogen-bond donors (Lipinski definition) is 0. The molecule has 25 heavy (non-hydrogen) atoms. The van der Waals surface area contributed by atoms with Gasteiger partial charge in [0.15, 0.2) is 0 Å². The minimum absolute atomic E-state index is 0.772. The number of aryl methyl sites for hydroxylation is 1. The van der Waals surface area contributed by atoms with Crippen LogP contribution in [0, 0.1) is 6.92 Å². The fraction of sp³-hybridized carbons (Fsp3) is 0.474. The van der Waals surface area contributed by atoms with Crippen molar-refractivity contribution < 1.29 is 4.74 Å². The van der Waals surface area contributed by atoms with E-state index in [1.807, 2.05) is 0 Å². The van der Waals surface area contributed by atoms with E-state index in [4.69, 9.17) is 9.72 Å². The monoisotopic (exact) mass is 339 g/mol.